The lowest BCUT2D eigenvalue weighted by molar-refractivity contribution is 0.0977. The number of rotatable bonds is 4. The molecule has 1 aliphatic rings. The third-order valence-electron chi connectivity index (χ3n) is 3.47. The molecule has 1 N–H and O–H groups in total. The number of amidine groups is 1. The van der Waals surface area contributed by atoms with E-state index in [1.54, 1.807) is 18.2 Å². The fourth-order valence-corrected chi connectivity index (χ4v) is 3.31. The Bertz CT molecular complexity index is 832. The van der Waals surface area contributed by atoms with Gasteiger partial charge in [0.25, 0.3) is 5.91 Å². The number of hydrogen-bond donors (Lipinski definition) is 1. The van der Waals surface area contributed by atoms with Crippen LogP contribution in [0.2, 0.25) is 0 Å². The summed E-state index contributed by atoms with van der Waals surface area (Å²) in [5.74, 6) is -0.186. The summed E-state index contributed by atoms with van der Waals surface area (Å²) < 4.78 is 0.932. The van der Waals surface area contributed by atoms with Gasteiger partial charge in [-0.25, -0.2) is 0 Å². The Balaban J connectivity index is 1.76. The van der Waals surface area contributed by atoms with Crippen LogP contribution < -0.4 is 5.32 Å². The van der Waals surface area contributed by atoms with Crippen LogP contribution in [0.1, 0.15) is 15.9 Å². The molecule has 1 heterocycles. The van der Waals surface area contributed by atoms with Crippen LogP contribution in [-0.4, -0.2) is 22.6 Å². The van der Waals surface area contributed by atoms with Gasteiger partial charge >= 0.3 is 0 Å². The first-order chi connectivity index (χ1) is 12.2. The Morgan fingerprint density at radius 1 is 1.20 bits per heavy atom. The molecule has 0 saturated carbocycles. The summed E-state index contributed by atoms with van der Waals surface area (Å²) in [7, 11) is 0. The monoisotopic (exact) mass is 413 g/mol. The molecule has 0 saturated heterocycles. The van der Waals surface area contributed by atoms with E-state index in [-0.39, 0.29) is 5.91 Å². The highest BCUT2D eigenvalue weighted by molar-refractivity contribution is 9.10. The topological polar surface area (TPSA) is 44.7 Å². The third kappa shape index (κ3) is 4.41. The van der Waals surface area contributed by atoms with Gasteiger partial charge in [-0.2, -0.15) is 0 Å². The maximum absolute atomic E-state index is 12.4. The number of halogens is 1. The fraction of sp³-hybridized carbons (Fsp3) is 0.0526. The summed E-state index contributed by atoms with van der Waals surface area (Å²) in [6.45, 7) is 4.34. The van der Waals surface area contributed by atoms with Crippen molar-refractivity contribution in [1.29, 1.82) is 0 Å². The first-order valence-electron chi connectivity index (χ1n) is 7.63. The van der Waals surface area contributed by atoms with E-state index < -0.39 is 0 Å². The van der Waals surface area contributed by atoms with Crippen molar-refractivity contribution < 1.29 is 4.79 Å². The minimum atomic E-state index is -0.186. The summed E-state index contributed by atoms with van der Waals surface area (Å²) in [6, 6.07) is 17.2. The molecule has 0 aromatic heterocycles. The SMILES string of the molecule is C=CCN1N=C(NC(=O)c2ccc(Br)cc2)SC=C1c1ccccc1. The lowest BCUT2D eigenvalue weighted by Gasteiger charge is -2.25. The predicted molar refractivity (Wildman–Crippen MR) is 108 cm³/mol. The molecule has 0 unspecified atom stereocenters. The Morgan fingerprint density at radius 3 is 2.60 bits per heavy atom. The zero-order valence-electron chi connectivity index (χ0n) is 13.4. The highest BCUT2D eigenvalue weighted by atomic mass is 79.9. The van der Waals surface area contributed by atoms with Crippen LogP contribution in [0.4, 0.5) is 0 Å². The molecule has 0 spiro atoms. The molecule has 6 heteroatoms. The lowest BCUT2D eigenvalue weighted by Crippen LogP contribution is -2.32. The van der Waals surface area contributed by atoms with Crippen molar-refractivity contribution in [3.63, 3.8) is 0 Å². The predicted octanol–water partition coefficient (Wildman–Crippen LogP) is 4.68. The summed E-state index contributed by atoms with van der Waals surface area (Å²) >= 11 is 4.76. The molecule has 2 aromatic carbocycles. The number of thioether (sulfide) groups is 1. The van der Waals surface area contributed by atoms with Gasteiger partial charge in [-0.15, -0.1) is 11.7 Å². The van der Waals surface area contributed by atoms with E-state index in [0.717, 1.165) is 15.7 Å². The Morgan fingerprint density at radius 2 is 1.92 bits per heavy atom. The van der Waals surface area contributed by atoms with Crippen molar-refractivity contribution in [2.45, 2.75) is 0 Å². The van der Waals surface area contributed by atoms with Gasteiger partial charge in [-0.05, 0) is 24.3 Å². The average Bonchev–Trinajstić information content (AvgIpc) is 2.63. The molecular weight excluding hydrogens is 398 g/mol. The van der Waals surface area contributed by atoms with Crippen molar-refractivity contribution in [3.8, 4) is 0 Å². The second-order valence-corrected chi connectivity index (χ2v) is 7.00. The van der Waals surface area contributed by atoms with Gasteiger partial charge in [0.1, 0.15) is 0 Å². The van der Waals surface area contributed by atoms with Gasteiger partial charge < -0.3 is 0 Å². The molecule has 0 atom stereocenters. The van der Waals surface area contributed by atoms with Crippen molar-refractivity contribution in [1.82, 2.24) is 10.3 Å². The fourth-order valence-electron chi connectivity index (χ4n) is 2.27. The highest BCUT2D eigenvalue weighted by Crippen LogP contribution is 2.28. The second kappa shape index (κ2) is 8.18. The number of amides is 1. The molecule has 0 radical (unpaired) electrons. The van der Waals surface area contributed by atoms with Gasteiger partial charge in [-0.1, -0.05) is 64.1 Å². The Kier molecular flexibility index (Phi) is 5.73. The van der Waals surface area contributed by atoms with Gasteiger partial charge in [-0.3, -0.25) is 15.1 Å². The van der Waals surface area contributed by atoms with Crippen LogP contribution in [0, 0.1) is 0 Å². The summed E-state index contributed by atoms with van der Waals surface area (Å²) in [4.78, 5) is 12.4. The van der Waals surface area contributed by atoms with Crippen LogP contribution in [0.3, 0.4) is 0 Å². The molecule has 1 amide bonds. The van der Waals surface area contributed by atoms with Crippen LogP contribution in [0.25, 0.3) is 5.70 Å². The summed E-state index contributed by atoms with van der Waals surface area (Å²) in [5, 5.41) is 11.8. The smallest absolute Gasteiger partial charge is 0.257 e. The van der Waals surface area contributed by atoms with Crippen molar-refractivity contribution >= 4 is 44.5 Å². The second-order valence-electron chi connectivity index (χ2n) is 5.22. The van der Waals surface area contributed by atoms with Crippen LogP contribution in [0.5, 0.6) is 0 Å². The number of carbonyl (C=O) groups excluding carboxylic acids is 1. The third-order valence-corrected chi connectivity index (χ3v) is 4.75. The molecule has 0 fully saturated rings. The van der Waals surface area contributed by atoms with Crippen LogP contribution in [-0.2, 0) is 0 Å². The lowest BCUT2D eigenvalue weighted by atomic mass is 10.2. The van der Waals surface area contributed by atoms with Gasteiger partial charge in [0, 0.05) is 21.0 Å². The number of hydrazone groups is 1. The number of nitrogens with zero attached hydrogens (tertiary/aromatic N) is 2. The van der Waals surface area contributed by atoms with Gasteiger partial charge in [0.2, 0.25) is 0 Å². The first-order valence-corrected chi connectivity index (χ1v) is 9.31. The van der Waals surface area contributed by atoms with E-state index in [4.69, 9.17) is 0 Å². The van der Waals surface area contributed by atoms with E-state index >= 15 is 0 Å². The Labute approximate surface area is 159 Å². The van der Waals surface area contributed by atoms with E-state index in [9.17, 15) is 4.79 Å². The normalized spacial score (nSPS) is 13.7. The van der Waals surface area contributed by atoms with Crippen molar-refractivity contribution in [2.75, 3.05) is 6.54 Å². The number of hydrogen-bond acceptors (Lipinski definition) is 4. The summed E-state index contributed by atoms with van der Waals surface area (Å²) in [6.07, 6.45) is 1.78. The maximum Gasteiger partial charge on any atom is 0.257 e. The quantitative estimate of drug-likeness (QED) is 0.739. The van der Waals surface area contributed by atoms with Crippen LogP contribution in [0.15, 0.2) is 82.2 Å². The van der Waals surface area contributed by atoms with E-state index in [1.807, 2.05) is 52.9 Å². The molecule has 2 aromatic rings. The van der Waals surface area contributed by atoms with Crippen molar-refractivity contribution in [2.24, 2.45) is 5.10 Å². The number of benzene rings is 2. The van der Waals surface area contributed by atoms with E-state index in [0.29, 0.717) is 17.3 Å². The van der Waals surface area contributed by atoms with Gasteiger partial charge in [0.05, 0.1) is 12.2 Å². The van der Waals surface area contributed by atoms with Crippen LogP contribution >= 0.6 is 27.7 Å². The first kappa shape index (κ1) is 17.5. The molecule has 3 rings (SSSR count). The van der Waals surface area contributed by atoms with Gasteiger partial charge in [0.15, 0.2) is 5.17 Å². The minimum absolute atomic E-state index is 0.186. The standard InChI is InChI=1S/C19H16BrN3OS/c1-2-12-23-17(14-6-4-3-5-7-14)13-25-19(22-23)21-18(24)15-8-10-16(20)11-9-15/h2-11,13H,1,12H2,(H,21,22,24). The minimum Gasteiger partial charge on any atom is -0.299 e. The zero-order valence-corrected chi connectivity index (χ0v) is 15.8. The molecule has 126 valence electrons. The average molecular weight is 414 g/mol. The van der Waals surface area contributed by atoms with E-state index in [1.165, 1.54) is 11.8 Å². The number of carbonyl (C=O) groups is 1. The van der Waals surface area contributed by atoms with Crippen molar-refractivity contribution in [3.05, 3.63) is 88.3 Å². The molecule has 1 aliphatic heterocycles. The summed E-state index contributed by atoms with van der Waals surface area (Å²) in [5.41, 5.74) is 2.63. The molecule has 25 heavy (non-hydrogen) atoms. The molecule has 4 nitrogen and oxygen atoms in total. The maximum atomic E-state index is 12.4. The largest absolute Gasteiger partial charge is 0.299 e. The molecule has 0 bridgehead atoms. The Hall–Kier alpha value is -2.31. The highest BCUT2D eigenvalue weighted by Gasteiger charge is 2.18. The van der Waals surface area contributed by atoms with E-state index in [2.05, 4.69) is 32.9 Å². The zero-order chi connectivity index (χ0) is 17.6. The molecular formula is C19H16BrN3OS. The number of nitrogens with one attached hydrogen (secondary N) is 1. The molecule has 0 aliphatic carbocycles.